The molecule has 0 radical (unpaired) electrons. The number of nitrogens with two attached hydrogens (primary N) is 1. The smallest absolute Gasteiger partial charge is 0.186 e. The number of rotatable bonds is 3. The number of para-hydroxylation sites is 1. The van der Waals surface area contributed by atoms with Gasteiger partial charge in [-0.2, -0.15) is 5.10 Å². The Morgan fingerprint density at radius 2 is 1.55 bits per heavy atom. The zero-order valence-corrected chi connectivity index (χ0v) is 16.1. The van der Waals surface area contributed by atoms with E-state index in [0.717, 1.165) is 28.1 Å². The second-order valence-corrected chi connectivity index (χ2v) is 6.81. The van der Waals surface area contributed by atoms with Gasteiger partial charge in [0.15, 0.2) is 5.65 Å². The molecule has 0 amide bonds. The molecule has 0 atom stereocenters. The maximum absolute atomic E-state index is 5.94. The maximum Gasteiger partial charge on any atom is 0.186 e. The first-order chi connectivity index (χ1) is 14.3. The molecule has 7 heteroatoms. The molecule has 5 rings (SSSR count). The predicted molar refractivity (Wildman–Crippen MR) is 115 cm³/mol. The van der Waals surface area contributed by atoms with Crippen molar-refractivity contribution in [2.24, 2.45) is 0 Å². The first-order valence-electron chi connectivity index (χ1n) is 9.80. The minimum absolute atomic E-state index is 0.406. The van der Waals surface area contributed by atoms with Gasteiger partial charge in [-0.3, -0.25) is 5.10 Å². The molecule has 1 fully saturated rings. The third-order valence-corrected chi connectivity index (χ3v) is 4.71. The van der Waals surface area contributed by atoms with Gasteiger partial charge in [0.25, 0.3) is 0 Å². The number of benzene rings is 2. The van der Waals surface area contributed by atoms with Crippen molar-refractivity contribution < 1.29 is 4.74 Å². The molecule has 4 aromatic rings. The Kier molecular flexibility index (Phi) is 5.97. The molecule has 3 heterocycles. The largest absolute Gasteiger partial charge is 0.457 e. The van der Waals surface area contributed by atoms with E-state index in [1.165, 1.54) is 38.7 Å². The molecule has 0 aliphatic carbocycles. The van der Waals surface area contributed by atoms with Crippen LogP contribution < -0.4 is 15.8 Å². The molecule has 7 nitrogen and oxygen atoms in total. The Labute approximate surface area is 169 Å². The fourth-order valence-corrected chi connectivity index (χ4v) is 3.20. The van der Waals surface area contributed by atoms with E-state index in [-0.39, 0.29) is 0 Å². The number of H-pyrrole nitrogens is 1. The van der Waals surface area contributed by atoms with Crippen molar-refractivity contribution in [2.45, 2.75) is 19.3 Å². The highest BCUT2D eigenvalue weighted by atomic mass is 16.5. The second kappa shape index (κ2) is 9.16. The van der Waals surface area contributed by atoms with Crippen molar-refractivity contribution in [3.8, 4) is 22.8 Å². The van der Waals surface area contributed by atoms with Crippen LogP contribution in [0.4, 0.5) is 5.82 Å². The van der Waals surface area contributed by atoms with Crippen LogP contribution in [0, 0.1) is 0 Å². The third kappa shape index (κ3) is 4.70. The van der Waals surface area contributed by atoms with Crippen LogP contribution in [-0.2, 0) is 0 Å². The van der Waals surface area contributed by atoms with Gasteiger partial charge in [0, 0.05) is 5.56 Å². The number of anilines is 1. The van der Waals surface area contributed by atoms with Crippen molar-refractivity contribution >= 4 is 16.9 Å². The molecule has 0 bridgehead atoms. The molecule has 148 valence electrons. The summed E-state index contributed by atoms with van der Waals surface area (Å²) in [4.78, 5) is 8.12. The van der Waals surface area contributed by atoms with Crippen LogP contribution in [0.5, 0.6) is 11.5 Å². The minimum atomic E-state index is 0.406. The third-order valence-electron chi connectivity index (χ3n) is 4.71. The van der Waals surface area contributed by atoms with Crippen molar-refractivity contribution in [1.29, 1.82) is 0 Å². The van der Waals surface area contributed by atoms with Gasteiger partial charge in [0.05, 0.1) is 11.1 Å². The summed E-state index contributed by atoms with van der Waals surface area (Å²) in [6, 6.07) is 17.3. The summed E-state index contributed by atoms with van der Waals surface area (Å²) in [7, 11) is 0. The summed E-state index contributed by atoms with van der Waals surface area (Å²) in [5.74, 6) is 1.96. The molecule has 1 saturated heterocycles. The van der Waals surface area contributed by atoms with Gasteiger partial charge in [-0.25, -0.2) is 9.97 Å². The molecule has 29 heavy (non-hydrogen) atoms. The number of fused-ring (bicyclic) bond motifs is 1. The quantitative estimate of drug-likeness (QED) is 0.487. The first kappa shape index (κ1) is 18.9. The fourth-order valence-electron chi connectivity index (χ4n) is 3.20. The van der Waals surface area contributed by atoms with Crippen LogP contribution in [0.3, 0.4) is 0 Å². The average Bonchev–Trinajstić information content (AvgIpc) is 3.22. The Bertz CT molecular complexity index is 1030. The van der Waals surface area contributed by atoms with Crippen LogP contribution in [-0.4, -0.2) is 33.3 Å². The van der Waals surface area contributed by atoms with Crippen molar-refractivity contribution in [1.82, 2.24) is 25.5 Å². The van der Waals surface area contributed by atoms with Crippen LogP contribution >= 0.6 is 0 Å². The van der Waals surface area contributed by atoms with E-state index in [4.69, 9.17) is 10.5 Å². The fraction of sp³-hybridized carbons (Fsp3) is 0.227. The highest BCUT2D eigenvalue weighted by molar-refractivity contribution is 5.97. The molecule has 2 aromatic carbocycles. The zero-order chi connectivity index (χ0) is 19.9. The number of nitrogens with one attached hydrogen (secondary N) is 2. The predicted octanol–water partition coefficient (Wildman–Crippen LogP) is 4.15. The number of piperidine rings is 1. The Balaban J connectivity index is 0.000000294. The summed E-state index contributed by atoms with van der Waals surface area (Å²) in [6.45, 7) is 2.50. The van der Waals surface area contributed by atoms with Gasteiger partial charge in [-0.05, 0) is 62.3 Å². The summed E-state index contributed by atoms with van der Waals surface area (Å²) >= 11 is 0. The summed E-state index contributed by atoms with van der Waals surface area (Å²) in [5.41, 5.74) is 8.22. The van der Waals surface area contributed by atoms with Gasteiger partial charge in [0.2, 0.25) is 0 Å². The number of nitrogens with zero attached hydrogens (tertiary/aromatic N) is 3. The highest BCUT2D eigenvalue weighted by Gasteiger charge is 2.12. The molecular formula is C22H24N6O. The standard InChI is InChI=1S/C17H13N5O.C5H11N/c18-16-14-15(21-22-17(14)20-10-19-16)11-6-8-13(9-7-11)23-12-4-2-1-3-5-12;1-2-4-6-5-3-1/h1-10H,(H3,18,19,20,21,22);6H,1-5H2. The summed E-state index contributed by atoms with van der Waals surface area (Å²) in [6.07, 6.45) is 5.62. The maximum atomic E-state index is 5.94. The van der Waals surface area contributed by atoms with Gasteiger partial charge in [-0.1, -0.05) is 24.6 Å². The molecule has 1 aliphatic rings. The number of ether oxygens (including phenoxy) is 1. The highest BCUT2D eigenvalue weighted by Crippen LogP contribution is 2.30. The molecule has 0 unspecified atom stereocenters. The van der Waals surface area contributed by atoms with Crippen LogP contribution in [0.25, 0.3) is 22.3 Å². The Morgan fingerprint density at radius 1 is 0.828 bits per heavy atom. The first-order valence-corrected chi connectivity index (χ1v) is 9.80. The van der Waals surface area contributed by atoms with Crippen molar-refractivity contribution in [2.75, 3.05) is 18.8 Å². The molecule has 2 aromatic heterocycles. The number of aromatic nitrogens is 4. The van der Waals surface area contributed by atoms with Crippen LogP contribution in [0.15, 0.2) is 60.9 Å². The summed E-state index contributed by atoms with van der Waals surface area (Å²) < 4.78 is 5.79. The Morgan fingerprint density at radius 3 is 2.21 bits per heavy atom. The second-order valence-electron chi connectivity index (χ2n) is 6.81. The van der Waals surface area contributed by atoms with E-state index >= 15 is 0 Å². The molecule has 1 aliphatic heterocycles. The topological polar surface area (TPSA) is 102 Å². The molecule has 0 spiro atoms. The molecule has 0 saturated carbocycles. The molecular weight excluding hydrogens is 364 g/mol. The van der Waals surface area contributed by atoms with E-state index in [1.54, 1.807) is 0 Å². The monoisotopic (exact) mass is 388 g/mol. The van der Waals surface area contributed by atoms with Crippen LogP contribution in [0.1, 0.15) is 19.3 Å². The number of nitrogen functional groups attached to an aromatic ring is 1. The number of hydrogen-bond acceptors (Lipinski definition) is 6. The average molecular weight is 388 g/mol. The van der Waals surface area contributed by atoms with E-state index in [0.29, 0.717) is 11.5 Å². The summed E-state index contributed by atoms with van der Waals surface area (Å²) in [5, 5.41) is 11.1. The Hall–Kier alpha value is -3.45. The van der Waals surface area contributed by atoms with E-state index < -0.39 is 0 Å². The lowest BCUT2D eigenvalue weighted by atomic mass is 10.1. The van der Waals surface area contributed by atoms with E-state index in [9.17, 15) is 0 Å². The number of aromatic amines is 1. The van der Waals surface area contributed by atoms with Gasteiger partial charge in [-0.15, -0.1) is 0 Å². The van der Waals surface area contributed by atoms with E-state index in [1.807, 2.05) is 54.6 Å². The lowest BCUT2D eigenvalue weighted by molar-refractivity contribution is 0.483. The lowest BCUT2D eigenvalue weighted by Crippen LogP contribution is -2.21. The lowest BCUT2D eigenvalue weighted by Gasteiger charge is -2.08. The van der Waals surface area contributed by atoms with E-state index in [2.05, 4.69) is 25.5 Å². The van der Waals surface area contributed by atoms with Gasteiger partial charge >= 0.3 is 0 Å². The number of hydrogen-bond donors (Lipinski definition) is 3. The normalized spacial score (nSPS) is 13.5. The van der Waals surface area contributed by atoms with Crippen molar-refractivity contribution in [3.05, 3.63) is 60.9 Å². The van der Waals surface area contributed by atoms with Crippen LogP contribution in [0.2, 0.25) is 0 Å². The SMILES string of the molecule is C1CCNCC1.Nc1ncnc2n[nH]c(-c3ccc(Oc4ccccc4)cc3)c12. The minimum Gasteiger partial charge on any atom is -0.457 e. The van der Waals surface area contributed by atoms with Crippen molar-refractivity contribution in [3.63, 3.8) is 0 Å². The van der Waals surface area contributed by atoms with Gasteiger partial charge < -0.3 is 15.8 Å². The zero-order valence-electron chi connectivity index (χ0n) is 16.1. The molecule has 4 N–H and O–H groups in total. The van der Waals surface area contributed by atoms with Gasteiger partial charge in [0.1, 0.15) is 23.6 Å².